The Morgan fingerprint density at radius 3 is 1.15 bits per heavy atom. The summed E-state index contributed by atoms with van der Waals surface area (Å²) in [5.41, 5.74) is 0.523. The Morgan fingerprint density at radius 2 is 0.766 bits per heavy atom. The highest BCUT2D eigenvalue weighted by Crippen LogP contribution is 2.25. The van der Waals surface area contributed by atoms with Crippen LogP contribution in [-0.4, -0.2) is 316 Å². The van der Waals surface area contributed by atoms with Gasteiger partial charge >= 0.3 is 53.7 Å². The predicted octanol–water partition coefficient (Wildman–Crippen LogP) is -1.16. The monoisotopic (exact) mass is 1770 g/mol. The molecule has 124 heavy (non-hydrogen) atoms. The molecular formula is C80H119N7O37. The Labute approximate surface area is 717 Å². The fourth-order valence-corrected chi connectivity index (χ4v) is 10.8. The lowest BCUT2D eigenvalue weighted by molar-refractivity contribution is -0.191. The number of benzene rings is 2. The van der Waals surface area contributed by atoms with Gasteiger partial charge in [-0.05, 0) is 29.7 Å². The SMILES string of the molecule is CC(=O)N/C(=C(\OC(C)=O)C(CCOC(C)=O)OC(C)=O)C(O)OCCOCCOCCNC(=O)CN(CC(=O)NCCOCCOCCOC(O)C(NC(C)=O)C(OC(C)=O)C(CCOC(C)=O)OC(C)=O)C(Cc1ccc(OCc2ccccc2)cc1)C(=O)NCCOCCOCCOC(O)/C(NC(C)=O)=C(/OC(C)=O)C(CCOC(C)=O)OC(C)=O. The molecule has 0 aliphatic heterocycles. The molecule has 0 aliphatic carbocycles. The van der Waals surface area contributed by atoms with Gasteiger partial charge < -0.3 is 137 Å². The molecule has 2 aromatic carbocycles. The van der Waals surface area contributed by atoms with E-state index in [0.29, 0.717) is 11.3 Å². The van der Waals surface area contributed by atoms with Crippen LogP contribution >= 0.6 is 0 Å². The zero-order chi connectivity index (χ0) is 92.3. The minimum Gasteiger partial charge on any atom is -0.489 e. The number of hydrogen-bond acceptors (Lipinski definition) is 38. The third-order valence-electron chi connectivity index (χ3n) is 15.8. The Kier molecular flexibility index (Phi) is 56.5. The predicted molar refractivity (Wildman–Crippen MR) is 425 cm³/mol. The van der Waals surface area contributed by atoms with Crippen LogP contribution in [0.2, 0.25) is 0 Å². The van der Waals surface area contributed by atoms with Crippen LogP contribution in [0.1, 0.15) is 113 Å². The Balaban J connectivity index is 2.33. The van der Waals surface area contributed by atoms with E-state index in [1.807, 2.05) is 30.3 Å². The van der Waals surface area contributed by atoms with Gasteiger partial charge in [0.05, 0.1) is 138 Å². The molecule has 0 fully saturated rings. The van der Waals surface area contributed by atoms with Gasteiger partial charge in [-0.25, -0.2) is 0 Å². The second kappa shape index (κ2) is 64.1. The minimum absolute atomic E-state index is 0.0178. The number of ether oxygens (including phenoxy) is 19. The zero-order valence-corrected chi connectivity index (χ0v) is 71.9. The zero-order valence-electron chi connectivity index (χ0n) is 71.9. The molecule has 2 rings (SSSR count). The van der Waals surface area contributed by atoms with Crippen molar-refractivity contribution in [3.8, 4) is 5.75 Å². The average Bonchev–Trinajstić information content (AvgIpc) is 0.851. The summed E-state index contributed by atoms with van der Waals surface area (Å²) in [7, 11) is 0. The van der Waals surface area contributed by atoms with Gasteiger partial charge in [0.15, 0.2) is 48.7 Å². The molecule has 0 saturated carbocycles. The van der Waals surface area contributed by atoms with Gasteiger partial charge in [-0.3, -0.25) is 76.8 Å². The van der Waals surface area contributed by atoms with Gasteiger partial charge in [0.2, 0.25) is 35.4 Å². The third kappa shape index (κ3) is 52.0. The van der Waals surface area contributed by atoms with Crippen molar-refractivity contribution in [1.82, 2.24) is 36.8 Å². The lowest BCUT2D eigenvalue weighted by Crippen LogP contribution is -2.57. The third-order valence-corrected chi connectivity index (χ3v) is 15.8. The summed E-state index contributed by atoms with van der Waals surface area (Å²) in [6.07, 6.45) is -12.3. The Hall–Kier alpha value is -10.7. The first-order valence-corrected chi connectivity index (χ1v) is 39.4. The van der Waals surface area contributed by atoms with Crippen LogP contribution in [0.3, 0.4) is 0 Å². The fourth-order valence-electron chi connectivity index (χ4n) is 10.8. The molecule has 0 aliphatic rings. The smallest absolute Gasteiger partial charge is 0.307 e. The maximum absolute atomic E-state index is 14.6. The molecule has 0 heterocycles. The number of esters is 9. The lowest BCUT2D eigenvalue weighted by atomic mass is 10.0. The van der Waals surface area contributed by atoms with Crippen molar-refractivity contribution < 1.29 is 177 Å². The first-order chi connectivity index (χ1) is 59.0. The number of nitrogens with one attached hydrogen (secondary N) is 6. The minimum atomic E-state index is -1.99. The van der Waals surface area contributed by atoms with Gasteiger partial charge in [0, 0.05) is 122 Å². The molecule has 9 atom stereocenters. The van der Waals surface area contributed by atoms with Crippen molar-refractivity contribution in [1.29, 1.82) is 0 Å². The Bertz CT molecular complexity index is 3720. The molecular weight excluding hydrogens is 1650 g/mol. The lowest BCUT2D eigenvalue weighted by Gasteiger charge is -2.35. The fraction of sp³-hybridized carbons (Fsp3) is 0.613. The highest BCUT2D eigenvalue weighted by molar-refractivity contribution is 5.86. The van der Waals surface area contributed by atoms with E-state index >= 15 is 0 Å². The summed E-state index contributed by atoms with van der Waals surface area (Å²) in [6, 6.07) is 13.5. The van der Waals surface area contributed by atoms with E-state index in [9.17, 15) is 87.2 Å². The molecule has 9 N–H and O–H groups in total. The summed E-state index contributed by atoms with van der Waals surface area (Å²) in [5, 5.41) is 48.7. The first-order valence-electron chi connectivity index (χ1n) is 39.4. The quantitative estimate of drug-likeness (QED) is 0.0124. The number of aliphatic hydroxyl groups excluding tert-OH is 3. The molecule has 0 aromatic heterocycles. The van der Waals surface area contributed by atoms with Gasteiger partial charge in [-0.2, -0.15) is 0 Å². The van der Waals surface area contributed by atoms with Crippen LogP contribution in [0.15, 0.2) is 77.5 Å². The standard InChI is InChI=1S/C80H119N7O37/c1-50(88)84-71(74(122-59(10)97)66(119-56(7)94)22-28-112-53(4)91)78(103)115-43-40-109-37-34-106-31-25-81-69(100)47-87(48-70(101)82-26-32-107-35-38-110-41-44-116-79(104)72(85-51(2)89)75(123-60(11)98)67(120-57(8)95)23-29-113-54(5)92)65(46-62-18-20-64(21-19-62)118-49-63-16-14-13-15-17-63)77(102)83-27-33-108-36-39-111-42-45-117-80(105)73(86-52(3)90)76(124-61(12)99)68(121-58(9)96)24-30-114-55(6)93/h13-21,65-68,71,74,78-80,103-105H,22-49H2,1-12H3,(H,81,100)(H,82,101)(H,83,102)(H,84,88)(H,85,89)(H,86,90)/b75-72-,76-73-. The molecule has 6 amide bonds. The van der Waals surface area contributed by atoms with E-state index < -0.39 is 181 Å². The molecule has 44 nitrogen and oxygen atoms in total. The van der Waals surface area contributed by atoms with Gasteiger partial charge in [-0.1, -0.05) is 42.5 Å². The topological polar surface area (TPSA) is 568 Å². The second-order valence-corrected chi connectivity index (χ2v) is 26.6. The summed E-state index contributed by atoms with van der Waals surface area (Å²) in [6.45, 7) is 9.26. The average molecular weight is 1770 g/mol. The Morgan fingerprint density at radius 1 is 0.379 bits per heavy atom. The normalized spacial score (nSPS) is 13.7. The second-order valence-electron chi connectivity index (χ2n) is 26.6. The van der Waals surface area contributed by atoms with Crippen LogP contribution in [0, 0.1) is 0 Å². The van der Waals surface area contributed by atoms with Crippen molar-refractivity contribution in [3.63, 3.8) is 0 Å². The van der Waals surface area contributed by atoms with Gasteiger partial charge in [-0.15, -0.1) is 0 Å². The maximum Gasteiger partial charge on any atom is 0.307 e. The molecule has 0 bridgehead atoms. The summed E-state index contributed by atoms with van der Waals surface area (Å²) >= 11 is 0. The first kappa shape index (κ1) is 109. The highest BCUT2D eigenvalue weighted by atomic mass is 16.7. The van der Waals surface area contributed by atoms with Crippen LogP contribution in [0.25, 0.3) is 0 Å². The van der Waals surface area contributed by atoms with Gasteiger partial charge in [0.25, 0.3) is 0 Å². The number of aliphatic hydroxyl groups is 3. The molecule has 696 valence electrons. The van der Waals surface area contributed by atoms with E-state index in [4.69, 9.17) is 90.0 Å². The summed E-state index contributed by atoms with van der Waals surface area (Å²) in [5.74, 6) is -11.7. The number of carbonyl (C=O) groups excluding carboxylic acids is 15. The maximum atomic E-state index is 14.6. The molecule has 2 aromatic rings. The molecule has 0 spiro atoms. The van der Waals surface area contributed by atoms with Crippen molar-refractivity contribution in [2.24, 2.45) is 0 Å². The molecule has 9 unspecified atom stereocenters. The highest BCUT2D eigenvalue weighted by Gasteiger charge is 2.41. The number of carbonyl (C=O) groups is 15. The number of rotatable bonds is 66. The van der Waals surface area contributed by atoms with Crippen LogP contribution in [0.5, 0.6) is 5.75 Å². The largest absolute Gasteiger partial charge is 0.489 e. The van der Waals surface area contributed by atoms with E-state index in [0.717, 1.165) is 88.6 Å². The van der Waals surface area contributed by atoms with Crippen LogP contribution in [0.4, 0.5) is 0 Å². The molecule has 0 radical (unpaired) electrons. The van der Waals surface area contributed by atoms with Crippen LogP contribution < -0.4 is 36.6 Å². The van der Waals surface area contributed by atoms with Crippen molar-refractivity contribution in [2.45, 2.75) is 171 Å². The summed E-state index contributed by atoms with van der Waals surface area (Å²) in [4.78, 5) is 188. The summed E-state index contributed by atoms with van der Waals surface area (Å²) < 4.78 is 103. The van der Waals surface area contributed by atoms with Crippen molar-refractivity contribution in [2.75, 3.05) is 152 Å². The number of amides is 6. The number of hydrogen-bond donors (Lipinski definition) is 9. The molecule has 44 heteroatoms. The van der Waals surface area contributed by atoms with Crippen molar-refractivity contribution >= 4 is 89.2 Å². The van der Waals surface area contributed by atoms with Crippen molar-refractivity contribution in [3.05, 3.63) is 88.6 Å². The van der Waals surface area contributed by atoms with Gasteiger partial charge in [0.1, 0.15) is 35.9 Å². The van der Waals surface area contributed by atoms with Crippen LogP contribution in [-0.2, 0) is 170 Å². The van der Waals surface area contributed by atoms with E-state index in [1.165, 1.54) is 4.90 Å². The number of nitrogens with zero attached hydrogens (tertiary/aromatic N) is 1. The molecule has 0 saturated heterocycles. The van der Waals surface area contributed by atoms with E-state index in [1.54, 1.807) is 24.3 Å². The van der Waals surface area contributed by atoms with E-state index in [2.05, 4.69) is 31.9 Å². The van der Waals surface area contributed by atoms with E-state index in [-0.39, 0.29) is 171 Å².